The van der Waals surface area contributed by atoms with Gasteiger partial charge in [-0.25, -0.2) is 4.79 Å². The monoisotopic (exact) mass is 350 g/mol. The van der Waals surface area contributed by atoms with Gasteiger partial charge in [-0.05, 0) is 24.6 Å². The van der Waals surface area contributed by atoms with Crippen LogP contribution < -0.4 is 4.74 Å². The minimum atomic E-state index is -0.553. The van der Waals surface area contributed by atoms with Crippen LogP contribution in [-0.4, -0.2) is 13.1 Å². The van der Waals surface area contributed by atoms with Crippen molar-refractivity contribution in [3.05, 3.63) is 63.6 Å². The number of methoxy groups -OCH3 is 1. The van der Waals surface area contributed by atoms with Gasteiger partial charge >= 0.3 is 5.97 Å². The Bertz CT molecular complexity index is 626. The lowest BCUT2D eigenvalue weighted by Gasteiger charge is -2.10. The summed E-state index contributed by atoms with van der Waals surface area (Å²) in [5, 5.41) is 0. The van der Waals surface area contributed by atoms with Crippen molar-refractivity contribution < 1.29 is 19.3 Å². The maximum absolute atomic E-state index is 12.1. The van der Waals surface area contributed by atoms with Gasteiger partial charge in [-0.3, -0.25) is 4.89 Å². The number of benzene rings is 2. The van der Waals surface area contributed by atoms with E-state index >= 15 is 0 Å². The standard InChI is InChI=1S/C16H15BrO4/c1-11-14(8-13(17)9-15(11)19-2)16(18)21-20-10-12-6-4-3-5-7-12/h3-9H,10H2,1-2H3. The largest absolute Gasteiger partial charge is 0.496 e. The molecule has 0 atom stereocenters. The normalized spacial score (nSPS) is 10.2. The maximum atomic E-state index is 12.1. The Labute approximate surface area is 131 Å². The number of carbonyl (C=O) groups is 1. The topological polar surface area (TPSA) is 44.8 Å². The van der Waals surface area contributed by atoms with Crippen LogP contribution in [0.15, 0.2) is 46.9 Å². The van der Waals surface area contributed by atoms with Crippen LogP contribution in [0.1, 0.15) is 21.5 Å². The van der Waals surface area contributed by atoms with E-state index in [9.17, 15) is 4.79 Å². The summed E-state index contributed by atoms with van der Waals surface area (Å²) in [4.78, 5) is 21.9. The molecule has 0 bridgehead atoms. The number of ether oxygens (including phenoxy) is 1. The van der Waals surface area contributed by atoms with E-state index in [4.69, 9.17) is 14.5 Å². The molecule has 110 valence electrons. The molecule has 0 aliphatic carbocycles. The zero-order valence-corrected chi connectivity index (χ0v) is 13.3. The van der Waals surface area contributed by atoms with Crippen LogP contribution in [0.25, 0.3) is 0 Å². The maximum Gasteiger partial charge on any atom is 0.373 e. The fraction of sp³-hybridized carbons (Fsp3) is 0.188. The van der Waals surface area contributed by atoms with Crippen molar-refractivity contribution in [3.63, 3.8) is 0 Å². The first kappa shape index (κ1) is 15.5. The first-order valence-corrected chi connectivity index (χ1v) is 7.13. The highest BCUT2D eigenvalue weighted by Crippen LogP contribution is 2.27. The first-order valence-electron chi connectivity index (χ1n) is 6.33. The summed E-state index contributed by atoms with van der Waals surface area (Å²) in [7, 11) is 1.55. The van der Waals surface area contributed by atoms with Gasteiger partial charge in [-0.15, -0.1) is 0 Å². The van der Waals surface area contributed by atoms with E-state index in [0.717, 1.165) is 10.0 Å². The second-order valence-electron chi connectivity index (χ2n) is 4.40. The number of halogens is 1. The van der Waals surface area contributed by atoms with Gasteiger partial charge in [0.15, 0.2) is 0 Å². The van der Waals surface area contributed by atoms with Crippen molar-refractivity contribution in [2.75, 3.05) is 7.11 Å². The van der Waals surface area contributed by atoms with Crippen molar-refractivity contribution in [2.24, 2.45) is 0 Å². The van der Waals surface area contributed by atoms with E-state index in [-0.39, 0.29) is 6.61 Å². The lowest BCUT2D eigenvalue weighted by Crippen LogP contribution is -2.09. The third-order valence-electron chi connectivity index (χ3n) is 2.97. The molecule has 21 heavy (non-hydrogen) atoms. The Kier molecular flexibility index (Phi) is 5.36. The van der Waals surface area contributed by atoms with E-state index in [1.54, 1.807) is 26.2 Å². The van der Waals surface area contributed by atoms with Crippen LogP contribution >= 0.6 is 15.9 Å². The summed E-state index contributed by atoms with van der Waals surface area (Å²) < 4.78 is 5.95. The zero-order valence-electron chi connectivity index (χ0n) is 11.8. The SMILES string of the molecule is COc1cc(Br)cc(C(=O)OOCc2ccccc2)c1C. The van der Waals surface area contributed by atoms with Crippen LogP contribution in [0.5, 0.6) is 5.75 Å². The van der Waals surface area contributed by atoms with Crippen LogP contribution in [0.3, 0.4) is 0 Å². The Hall–Kier alpha value is -1.85. The lowest BCUT2D eigenvalue weighted by molar-refractivity contribution is -0.250. The molecule has 0 amide bonds. The molecule has 0 heterocycles. The molecular weight excluding hydrogens is 336 g/mol. The first-order chi connectivity index (χ1) is 10.1. The van der Waals surface area contributed by atoms with E-state index in [1.807, 2.05) is 30.3 Å². The molecule has 0 N–H and O–H groups in total. The smallest absolute Gasteiger partial charge is 0.373 e. The van der Waals surface area contributed by atoms with Crippen molar-refractivity contribution in [1.29, 1.82) is 0 Å². The average Bonchev–Trinajstić information content (AvgIpc) is 2.50. The highest BCUT2D eigenvalue weighted by Gasteiger charge is 2.16. The number of rotatable bonds is 5. The van der Waals surface area contributed by atoms with Crippen LogP contribution in [0.2, 0.25) is 0 Å². The van der Waals surface area contributed by atoms with E-state index in [0.29, 0.717) is 16.9 Å². The zero-order chi connectivity index (χ0) is 15.2. The van der Waals surface area contributed by atoms with Crippen molar-refractivity contribution in [3.8, 4) is 5.75 Å². The second-order valence-corrected chi connectivity index (χ2v) is 5.31. The summed E-state index contributed by atoms with van der Waals surface area (Å²) in [6.45, 7) is 2.00. The predicted molar refractivity (Wildman–Crippen MR) is 82.1 cm³/mol. The van der Waals surface area contributed by atoms with E-state index < -0.39 is 5.97 Å². The van der Waals surface area contributed by atoms with Gasteiger partial charge in [0, 0.05) is 10.0 Å². The number of carbonyl (C=O) groups excluding carboxylic acids is 1. The van der Waals surface area contributed by atoms with Crippen molar-refractivity contribution in [2.45, 2.75) is 13.5 Å². The molecule has 0 fully saturated rings. The number of hydrogen-bond acceptors (Lipinski definition) is 4. The van der Waals surface area contributed by atoms with Crippen LogP contribution in [0, 0.1) is 6.92 Å². The van der Waals surface area contributed by atoms with Gasteiger partial charge < -0.3 is 4.74 Å². The fourth-order valence-corrected chi connectivity index (χ4v) is 2.29. The van der Waals surface area contributed by atoms with Crippen LogP contribution in [0.4, 0.5) is 0 Å². The highest BCUT2D eigenvalue weighted by atomic mass is 79.9. The van der Waals surface area contributed by atoms with Gasteiger partial charge in [-0.1, -0.05) is 46.3 Å². The van der Waals surface area contributed by atoms with Gasteiger partial charge in [-0.2, -0.15) is 4.89 Å². The molecule has 2 aromatic carbocycles. The summed E-state index contributed by atoms with van der Waals surface area (Å²) in [5.41, 5.74) is 2.03. The second kappa shape index (κ2) is 7.24. The molecule has 0 saturated carbocycles. The molecule has 0 aliphatic rings. The van der Waals surface area contributed by atoms with E-state index in [2.05, 4.69) is 15.9 Å². The molecule has 2 rings (SSSR count). The minimum Gasteiger partial charge on any atom is -0.496 e. The van der Waals surface area contributed by atoms with Crippen LogP contribution in [-0.2, 0) is 16.4 Å². The molecule has 0 saturated heterocycles. The Morgan fingerprint density at radius 2 is 1.90 bits per heavy atom. The Morgan fingerprint density at radius 1 is 1.19 bits per heavy atom. The molecular formula is C16H15BrO4. The summed E-state index contributed by atoms with van der Waals surface area (Å²) in [5.74, 6) is 0.0578. The molecule has 5 heteroatoms. The lowest BCUT2D eigenvalue weighted by atomic mass is 10.1. The highest BCUT2D eigenvalue weighted by molar-refractivity contribution is 9.10. The molecule has 2 aromatic rings. The molecule has 4 nitrogen and oxygen atoms in total. The summed E-state index contributed by atoms with van der Waals surface area (Å²) in [6, 6.07) is 12.9. The van der Waals surface area contributed by atoms with Gasteiger partial charge in [0.1, 0.15) is 12.4 Å². The summed E-state index contributed by atoms with van der Waals surface area (Å²) in [6.07, 6.45) is 0. The van der Waals surface area contributed by atoms with E-state index in [1.165, 1.54) is 0 Å². The average molecular weight is 351 g/mol. The van der Waals surface area contributed by atoms with Crippen molar-refractivity contribution >= 4 is 21.9 Å². The molecule has 0 radical (unpaired) electrons. The molecule has 0 unspecified atom stereocenters. The third-order valence-corrected chi connectivity index (χ3v) is 3.43. The van der Waals surface area contributed by atoms with Gasteiger partial charge in [0.2, 0.25) is 0 Å². The molecule has 0 aromatic heterocycles. The quantitative estimate of drug-likeness (QED) is 0.602. The molecule has 0 spiro atoms. The minimum absolute atomic E-state index is 0.205. The van der Waals surface area contributed by atoms with Gasteiger partial charge in [0.25, 0.3) is 0 Å². The summed E-state index contributed by atoms with van der Waals surface area (Å²) >= 11 is 3.33. The van der Waals surface area contributed by atoms with Crippen molar-refractivity contribution in [1.82, 2.24) is 0 Å². The molecule has 0 aliphatic heterocycles. The third kappa shape index (κ3) is 4.06. The number of hydrogen-bond donors (Lipinski definition) is 0. The van der Waals surface area contributed by atoms with Gasteiger partial charge in [0.05, 0.1) is 12.7 Å². The predicted octanol–water partition coefficient (Wildman–Crippen LogP) is 4.05. The Balaban J connectivity index is 2.02. The fourth-order valence-electron chi connectivity index (χ4n) is 1.85. The Morgan fingerprint density at radius 3 is 2.57 bits per heavy atom.